The Balaban J connectivity index is 2.24. The predicted molar refractivity (Wildman–Crippen MR) is 102 cm³/mol. The normalized spacial score (nSPS) is 11.5. The molecule has 0 amide bonds. The van der Waals surface area contributed by atoms with Gasteiger partial charge in [0.05, 0.1) is 11.1 Å². The summed E-state index contributed by atoms with van der Waals surface area (Å²) in [6.07, 6.45) is 0.354. The number of para-hydroxylation sites is 1. The molecule has 2 aromatic carbocycles. The van der Waals surface area contributed by atoms with Gasteiger partial charge in [0, 0.05) is 31.5 Å². The molecule has 0 atom stereocenters. The molecule has 4 aromatic rings. The summed E-state index contributed by atoms with van der Waals surface area (Å²) in [5.74, 6) is -0.347. The number of halogens is 1. The number of aryl methyl sites for hydroxylation is 2. The van der Waals surface area contributed by atoms with Crippen LogP contribution in [0.3, 0.4) is 0 Å². The molecule has 0 saturated carbocycles. The van der Waals surface area contributed by atoms with Crippen molar-refractivity contribution < 1.29 is 9.50 Å². The van der Waals surface area contributed by atoms with Crippen LogP contribution in [0.1, 0.15) is 5.56 Å². The molecule has 0 aliphatic carbocycles. The second kappa shape index (κ2) is 6.11. The third kappa shape index (κ3) is 2.28. The molecule has 4 rings (SSSR count). The van der Waals surface area contributed by atoms with E-state index in [1.54, 1.807) is 23.7 Å². The fourth-order valence-corrected chi connectivity index (χ4v) is 3.86. The van der Waals surface area contributed by atoms with E-state index in [0.717, 1.165) is 27.5 Å². The van der Waals surface area contributed by atoms with Crippen molar-refractivity contribution in [3.8, 4) is 11.1 Å². The number of nitrogens with zero attached hydrogens (tertiary/aromatic N) is 2. The Bertz CT molecular complexity index is 1190. The first-order valence-electron chi connectivity index (χ1n) is 8.50. The zero-order valence-electron chi connectivity index (χ0n) is 14.7. The van der Waals surface area contributed by atoms with Crippen molar-refractivity contribution in [2.75, 3.05) is 6.61 Å². The van der Waals surface area contributed by atoms with Gasteiger partial charge in [0.25, 0.3) is 5.56 Å². The molecule has 26 heavy (non-hydrogen) atoms. The Morgan fingerprint density at radius 3 is 2.38 bits per heavy atom. The van der Waals surface area contributed by atoms with Gasteiger partial charge in [0.15, 0.2) is 0 Å². The van der Waals surface area contributed by atoms with Crippen molar-refractivity contribution in [1.29, 1.82) is 0 Å². The summed E-state index contributed by atoms with van der Waals surface area (Å²) in [5.41, 5.74) is 3.65. The van der Waals surface area contributed by atoms with Crippen LogP contribution in [-0.2, 0) is 20.5 Å². The van der Waals surface area contributed by atoms with Gasteiger partial charge in [0.2, 0.25) is 0 Å². The summed E-state index contributed by atoms with van der Waals surface area (Å²) in [6, 6.07) is 13.9. The van der Waals surface area contributed by atoms with Gasteiger partial charge < -0.3 is 9.67 Å². The molecule has 4 nitrogen and oxygen atoms in total. The van der Waals surface area contributed by atoms with E-state index >= 15 is 0 Å². The van der Waals surface area contributed by atoms with Gasteiger partial charge >= 0.3 is 0 Å². The van der Waals surface area contributed by atoms with Gasteiger partial charge in [-0.1, -0.05) is 30.3 Å². The summed E-state index contributed by atoms with van der Waals surface area (Å²) >= 11 is 0. The van der Waals surface area contributed by atoms with Crippen LogP contribution in [0.15, 0.2) is 53.3 Å². The maximum Gasteiger partial charge on any atom is 0.260 e. The van der Waals surface area contributed by atoms with Gasteiger partial charge in [-0.3, -0.25) is 9.36 Å². The van der Waals surface area contributed by atoms with E-state index in [2.05, 4.69) is 0 Å². The largest absolute Gasteiger partial charge is 0.396 e. The van der Waals surface area contributed by atoms with E-state index < -0.39 is 0 Å². The summed E-state index contributed by atoms with van der Waals surface area (Å²) < 4.78 is 17.0. The van der Waals surface area contributed by atoms with E-state index in [1.807, 2.05) is 35.9 Å². The number of rotatable bonds is 3. The molecule has 2 heterocycles. The van der Waals surface area contributed by atoms with Crippen molar-refractivity contribution in [2.24, 2.45) is 14.1 Å². The molecule has 0 bridgehead atoms. The molecule has 0 saturated heterocycles. The number of aromatic nitrogens is 2. The lowest BCUT2D eigenvalue weighted by Gasteiger charge is -2.14. The van der Waals surface area contributed by atoms with Crippen LogP contribution in [-0.4, -0.2) is 20.8 Å². The lowest BCUT2D eigenvalue weighted by atomic mass is 9.95. The molecule has 0 aliphatic heterocycles. The first-order valence-corrected chi connectivity index (χ1v) is 8.50. The Kier molecular flexibility index (Phi) is 3.89. The Labute approximate surface area is 149 Å². The van der Waals surface area contributed by atoms with Crippen LogP contribution >= 0.6 is 0 Å². The third-order valence-corrected chi connectivity index (χ3v) is 5.01. The minimum Gasteiger partial charge on any atom is -0.396 e. The van der Waals surface area contributed by atoms with Crippen LogP contribution in [0.4, 0.5) is 4.39 Å². The van der Waals surface area contributed by atoms with E-state index in [1.165, 1.54) is 12.1 Å². The topological polar surface area (TPSA) is 47.2 Å². The number of aliphatic hydroxyl groups is 1. The fraction of sp³-hybridized carbons (Fsp3) is 0.190. The molecule has 2 aromatic heterocycles. The zero-order chi connectivity index (χ0) is 18.4. The van der Waals surface area contributed by atoms with Crippen LogP contribution in [0.2, 0.25) is 0 Å². The number of pyridine rings is 1. The molecular formula is C21H19FN2O2. The summed E-state index contributed by atoms with van der Waals surface area (Å²) in [7, 11) is 3.68. The van der Waals surface area contributed by atoms with Crippen molar-refractivity contribution in [3.05, 3.63) is 70.3 Å². The number of fused-ring (bicyclic) bond motifs is 3. The Morgan fingerprint density at radius 2 is 1.69 bits per heavy atom. The summed E-state index contributed by atoms with van der Waals surface area (Å²) in [6.45, 7) is -0.0698. The minimum absolute atomic E-state index is 0.0698. The fourth-order valence-electron chi connectivity index (χ4n) is 3.86. The van der Waals surface area contributed by atoms with Gasteiger partial charge in [-0.2, -0.15) is 0 Å². The molecule has 0 aliphatic rings. The monoisotopic (exact) mass is 350 g/mol. The molecule has 0 fully saturated rings. The van der Waals surface area contributed by atoms with Gasteiger partial charge in [-0.15, -0.1) is 0 Å². The maximum absolute atomic E-state index is 13.4. The van der Waals surface area contributed by atoms with Gasteiger partial charge in [-0.05, 0) is 35.7 Å². The average molecular weight is 350 g/mol. The average Bonchev–Trinajstić information content (AvgIpc) is 2.94. The van der Waals surface area contributed by atoms with E-state index in [0.29, 0.717) is 17.5 Å². The van der Waals surface area contributed by atoms with Crippen LogP contribution < -0.4 is 5.56 Å². The van der Waals surface area contributed by atoms with Crippen LogP contribution in [0, 0.1) is 5.82 Å². The molecule has 132 valence electrons. The highest BCUT2D eigenvalue weighted by Crippen LogP contribution is 2.34. The van der Waals surface area contributed by atoms with Crippen LogP contribution in [0.25, 0.3) is 33.1 Å². The van der Waals surface area contributed by atoms with Crippen molar-refractivity contribution in [3.63, 3.8) is 0 Å². The first kappa shape index (κ1) is 16.5. The smallest absolute Gasteiger partial charge is 0.260 e. The lowest BCUT2D eigenvalue weighted by molar-refractivity contribution is 0.300. The van der Waals surface area contributed by atoms with E-state index in [-0.39, 0.29) is 18.0 Å². The molecule has 5 heteroatoms. The number of hydrogen-bond donors (Lipinski definition) is 1. The molecular weight excluding hydrogens is 331 g/mol. The summed E-state index contributed by atoms with van der Waals surface area (Å²) in [4.78, 5) is 13.2. The molecule has 1 N–H and O–H groups in total. The molecule has 0 radical (unpaired) electrons. The van der Waals surface area contributed by atoms with Gasteiger partial charge in [-0.25, -0.2) is 4.39 Å². The van der Waals surface area contributed by atoms with Gasteiger partial charge in [0.1, 0.15) is 11.5 Å². The number of hydrogen-bond acceptors (Lipinski definition) is 2. The quantitative estimate of drug-likeness (QED) is 0.616. The maximum atomic E-state index is 13.4. The highest BCUT2D eigenvalue weighted by Gasteiger charge is 2.21. The zero-order valence-corrected chi connectivity index (χ0v) is 14.7. The number of benzene rings is 2. The molecule has 0 unspecified atom stereocenters. The highest BCUT2D eigenvalue weighted by molar-refractivity contribution is 6.10. The first-order chi connectivity index (χ1) is 12.5. The van der Waals surface area contributed by atoms with E-state index in [9.17, 15) is 14.3 Å². The van der Waals surface area contributed by atoms with Crippen molar-refractivity contribution >= 4 is 21.9 Å². The second-order valence-corrected chi connectivity index (χ2v) is 6.47. The second-order valence-electron chi connectivity index (χ2n) is 6.47. The highest BCUT2D eigenvalue weighted by atomic mass is 19.1. The standard InChI is InChI=1S/C21H19FN2O2/c1-23-17-6-4-3-5-15(17)19-16(11-12-25)18(21(26)24(2)20(19)23)13-7-9-14(22)10-8-13/h3-10,25H,11-12H2,1-2H3. The predicted octanol–water partition coefficient (Wildman–Crippen LogP) is 3.37. The Hall–Kier alpha value is -2.92. The SMILES string of the molecule is Cn1c(=O)c(-c2ccc(F)cc2)c(CCO)c2c3ccccc3n(C)c21. The lowest BCUT2D eigenvalue weighted by Crippen LogP contribution is -2.22. The Morgan fingerprint density at radius 1 is 1.00 bits per heavy atom. The summed E-state index contributed by atoms with van der Waals surface area (Å²) in [5, 5.41) is 11.6. The third-order valence-electron chi connectivity index (χ3n) is 5.01. The van der Waals surface area contributed by atoms with Crippen molar-refractivity contribution in [2.45, 2.75) is 6.42 Å². The van der Waals surface area contributed by atoms with Crippen molar-refractivity contribution in [1.82, 2.24) is 9.13 Å². The minimum atomic E-state index is -0.347. The number of aliphatic hydroxyl groups excluding tert-OH is 1. The van der Waals surface area contributed by atoms with Crippen LogP contribution in [0.5, 0.6) is 0 Å². The van der Waals surface area contributed by atoms with E-state index in [4.69, 9.17) is 0 Å². The molecule has 0 spiro atoms.